The zero-order chi connectivity index (χ0) is 17.1. The highest BCUT2D eigenvalue weighted by atomic mass is 35.5. The molecule has 2 aromatic carbocycles. The number of pyridine rings is 1. The fraction of sp³-hybridized carbons (Fsp3) is 0.167. The van der Waals surface area contributed by atoms with E-state index < -0.39 is 0 Å². The van der Waals surface area contributed by atoms with Crippen molar-refractivity contribution in [1.29, 1.82) is 0 Å². The van der Waals surface area contributed by atoms with Crippen LogP contribution in [0.1, 0.15) is 5.69 Å². The van der Waals surface area contributed by atoms with E-state index in [1.54, 1.807) is 14.2 Å². The number of hydrogen-bond acceptors (Lipinski definition) is 4. The molecule has 124 valence electrons. The lowest BCUT2D eigenvalue weighted by Gasteiger charge is -2.15. The van der Waals surface area contributed by atoms with E-state index in [0.717, 1.165) is 33.8 Å². The topological polar surface area (TPSA) is 43.4 Å². The number of ether oxygens (including phenoxy) is 2. The summed E-state index contributed by atoms with van der Waals surface area (Å²) >= 11 is 12.5. The van der Waals surface area contributed by atoms with Gasteiger partial charge in [-0.05, 0) is 42.5 Å². The zero-order valence-corrected chi connectivity index (χ0v) is 14.8. The first-order valence-corrected chi connectivity index (χ1v) is 8.20. The molecule has 0 saturated carbocycles. The molecule has 3 rings (SSSR count). The minimum Gasteiger partial charge on any atom is -0.497 e. The van der Waals surface area contributed by atoms with Crippen molar-refractivity contribution in [2.45, 2.75) is 5.88 Å². The summed E-state index contributed by atoms with van der Waals surface area (Å²) in [6, 6.07) is 13.2. The van der Waals surface area contributed by atoms with Crippen LogP contribution in [0.5, 0.6) is 11.5 Å². The molecule has 0 spiro atoms. The molecule has 0 amide bonds. The van der Waals surface area contributed by atoms with Gasteiger partial charge >= 0.3 is 0 Å². The van der Waals surface area contributed by atoms with Gasteiger partial charge in [-0.3, -0.25) is 0 Å². The highest BCUT2D eigenvalue weighted by Gasteiger charge is 2.14. The van der Waals surface area contributed by atoms with Crippen LogP contribution in [0.25, 0.3) is 10.9 Å². The number of nitrogens with one attached hydrogen (secondary N) is 1. The lowest BCUT2D eigenvalue weighted by atomic mass is 10.1. The maximum atomic E-state index is 6.52. The van der Waals surface area contributed by atoms with Gasteiger partial charge in [0.05, 0.1) is 42.0 Å². The van der Waals surface area contributed by atoms with Crippen molar-refractivity contribution in [2.75, 3.05) is 19.5 Å². The number of alkyl halides is 1. The lowest BCUT2D eigenvalue weighted by molar-refractivity contribution is 0.415. The molecule has 0 radical (unpaired) electrons. The minimum atomic E-state index is 0.234. The third-order valence-electron chi connectivity index (χ3n) is 3.69. The van der Waals surface area contributed by atoms with Crippen molar-refractivity contribution in [3.63, 3.8) is 0 Å². The molecule has 0 fully saturated rings. The third-order valence-corrected chi connectivity index (χ3v) is 4.35. The molecule has 0 aliphatic heterocycles. The molecule has 1 heterocycles. The Morgan fingerprint density at radius 3 is 2.29 bits per heavy atom. The van der Waals surface area contributed by atoms with Crippen molar-refractivity contribution in [3.8, 4) is 11.5 Å². The van der Waals surface area contributed by atoms with E-state index in [2.05, 4.69) is 10.3 Å². The number of hydrogen-bond donors (Lipinski definition) is 1. The number of aromatic nitrogens is 1. The maximum absolute atomic E-state index is 6.52. The lowest BCUT2D eigenvalue weighted by Crippen LogP contribution is -1.99. The Morgan fingerprint density at radius 1 is 1.00 bits per heavy atom. The second-order valence-electron chi connectivity index (χ2n) is 5.12. The first kappa shape index (κ1) is 16.7. The molecule has 0 unspecified atom stereocenters. The molecule has 4 nitrogen and oxygen atoms in total. The molecule has 24 heavy (non-hydrogen) atoms. The van der Waals surface area contributed by atoms with Crippen LogP contribution in [0.3, 0.4) is 0 Å². The molecular weight excluding hydrogens is 347 g/mol. The predicted octanol–water partition coefficient (Wildman–Crippen LogP) is 5.39. The molecule has 3 aromatic rings. The van der Waals surface area contributed by atoms with Gasteiger partial charge in [-0.2, -0.15) is 0 Å². The average molecular weight is 363 g/mol. The molecule has 0 atom stereocenters. The maximum Gasteiger partial charge on any atom is 0.119 e. The number of anilines is 2. The SMILES string of the molecule is COc1ccc(Nc2c(Cl)c(CCl)nc3ccc(OC)cc23)cc1. The second-order valence-corrected chi connectivity index (χ2v) is 5.76. The first-order valence-electron chi connectivity index (χ1n) is 7.29. The molecular formula is C18H16Cl2N2O2. The van der Waals surface area contributed by atoms with Crippen LogP contribution in [0, 0.1) is 0 Å². The summed E-state index contributed by atoms with van der Waals surface area (Å²) in [5.41, 5.74) is 3.06. The first-order chi connectivity index (χ1) is 11.7. The van der Waals surface area contributed by atoms with Crippen LogP contribution in [-0.2, 0) is 5.88 Å². The van der Waals surface area contributed by atoms with Crippen molar-refractivity contribution < 1.29 is 9.47 Å². The van der Waals surface area contributed by atoms with Crippen molar-refractivity contribution in [3.05, 3.63) is 53.2 Å². The van der Waals surface area contributed by atoms with Crippen molar-refractivity contribution in [1.82, 2.24) is 4.98 Å². The predicted molar refractivity (Wildman–Crippen MR) is 99.1 cm³/mol. The monoisotopic (exact) mass is 362 g/mol. The Balaban J connectivity index is 2.13. The van der Waals surface area contributed by atoms with E-state index in [1.165, 1.54) is 0 Å². The summed E-state index contributed by atoms with van der Waals surface area (Å²) in [6.07, 6.45) is 0. The van der Waals surface area contributed by atoms with Gasteiger partial charge in [-0.1, -0.05) is 11.6 Å². The van der Waals surface area contributed by atoms with E-state index in [9.17, 15) is 0 Å². The standard InChI is InChI=1S/C18H16Cl2N2O2/c1-23-12-5-3-11(4-6-12)21-18-14-9-13(24-2)7-8-15(14)22-16(10-19)17(18)20/h3-9H,10H2,1-2H3,(H,21,22). The Morgan fingerprint density at radius 2 is 1.67 bits per heavy atom. The van der Waals surface area contributed by atoms with Crippen LogP contribution in [0.4, 0.5) is 11.4 Å². The number of nitrogens with zero attached hydrogens (tertiary/aromatic N) is 1. The summed E-state index contributed by atoms with van der Waals surface area (Å²) in [5.74, 6) is 1.75. The highest BCUT2D eigenvalue weighted by molar-refractivity contribution is 6.36. The molecule has 0 aliphatic rings. The highest BCUT2D eigenvalue weighted by Crippen LogP contribution is 2.37. The van der Waals surface area contributed by atoms with Gasteiger partial charge in [0.2, 0.25) is 0 Å². The summed E-state index contributed by atoms with van der Waals surface area (Å²) < 4.78 is 10.5. The summed E-state index contributed by atoms with van der Waals surface area (Å²) in [7, 11) is 3.26. The molecule has 0 bridgehead atoms. The molecule has 1 aromatic heterocycles. The van der Waals surface area contributed by atoms with Crippen molar-refractivity contribution in [2.24, 2.45) is 0 Å². The number of methoxy groups -OCH3 is 2. The molecule has 1 N–H and O–H groups in total. The van der Waals surface area contributed by atoms with Crippen LogP contribution in [0.2, 0.25) is 5.02 Å². The van der Waals surface area contributed by atoms with Crippen LogP contribution in [-0.4, -0.2) is 19.2 Å². The van der Waals surface area contributed by atoms with Gasteiger partial charge < -0.3 is 14.8 Å². The number of halogens is 2. The van der Waals surface area contributed by atoms with Gasteiger partial charge in [0.15, 0.2) is 0 Å². The largest absolute Gasteiger partial charge is 0.497 e. The Hall–Kier alpha value is -2.17. The quantitative estimate of drug-likeness (QED) is 0.618. The second kappa shape index (κ2) is 7.16. The number of benzene rings is 2. The normalized spacial score (nSPS) is 10.7. The van der Waals surface area contributed by atoms with Gasteiger partial charge in [0.25, 0.3) is 0 Å². The fourth-order valence-corrected chi connectivity index (χ4v) is 2.95. The zero-order valence-electron chi connectivity index (χ0n) is 13.3. The van der Waals surface area contributed by atoms with Crippen LogP contribution >= 0.6 is 23.2 Å². The third kappa shape index (κ3) is 3.21. The van der Waals surface area contributed by atoms with E-state index in [0.29, 0.717) is 10.7 Å². The molecule has 0 saturated heterocycles. The van der Waals surface area contributed by atoms with E-state index in [-0.39, 0.29) is 5.88 Å². The summed E-state index contributed by atoms with van der Waals surface area (Å²) in [6.45, 7) is 0. The smallest absolute Gasteiger partial charge is 0.119 e. The Kier molecular flexibility index (Phi) is 4.97. The van der Waals surface area contributed by atoms with Crippen LogP contribution < -0.4 is 14.8 Å². The van der Waals surface area contributed by atoms with E-state index >= 15 is 0 Å². The van der Waals surface area contributed by atoms with Gasteiger partial charge in [0.1, 0.15) is 11.5 Å². The van der Waals surface area contributed by atoms with Gasteiger partial charge in [-0.25, -0.2) is 4.98 Å². The van der Waals surface area contributed by atoms with E-state index in [4.69, 9.17) is 32.7 Å². The van der Waals surface area contributed by atoms with Crippen LogP contribution in [0.15, 0.2) is 42.5 Å². The summed E-state index contributed by atoms with van der Waals surface area (Å²) in [4.78, 5) is 4.52. The summed E-state index contributed by atoms with van der Waals surface area (Å²) in [5, 5.41) is 4.72. The fourth-order valence-electron chi connectivity index (χ4n) is 2.43. The minimum absolute atomic E-state index is 0.234. The molecule has 0 aliphatic carbocycles. The van der Waals surface area contributed by atoms with Gasteiger partial charge in [0, 0.05) is 11.1 Å². The molecule has 6 heteroatoms. The van der Waals surface area contributed by atoms with Crippen molar-refractivity contribution >= 4 is 45.5 Å². The average Bonchev–Trinajstić information content (AvgIpc) is 2.64. The van der Waals surface area contributed by atoms with E-state index in [1.807, 2.05) is 42.5 Å². The Bertz CT molecular complexity index is 867. The number of rotatable bonds is 5. The number of fused-ring (bicyclic) bond motifs is 1. The van der Waals surface area contributed by atoms with Gasteiger partial charge in [-0.15, -0.1) is 11.6 Å². The Labute approximate surface area is 150 Å².